The van der Waals surface area contributed by atoms with Crippen LogP contribution < -0.4 is 20.1 Å². The number of ether oxygens (including phenoxy) is 2. The Bertz CT molecular complexity index is 844. The molecule has 9 heteroatoms. The summed E-state index contributed by atoms with van der Waals surface area (Å²) in [6, 6.07) is 12.1. The van der Waals surface area contributed by atoms with Crippen molar-refractivity contribution in [1.82, 2.24) is 5.32 Å². The van der Waals surface area contributed by atoms with Crippen molar-refractivity contribution in [2.45, 2.75) is 19.9 Å². The molecule has 0 fully saturated rings. The molecule has 2 aromatic rings. The van der Waals surface area contributed by atoms with Crippen LogP contribution >= 0.6 is 24.0 Å². The number of hydrogen-bond acceptors (Lipinski definition) is 5. The predicted octanol–water partition coefficient (Wildman–Crippen LogP) is 3.95. The zero-order valence-corrected chi connectivity index (χ0v) is 17.8. The SMILES string of the molecule is CCNC(=NCc1cccc([N+](=O)[O-])c1)Nc1ccc2c(c1)OCCCO2.I. The van der Waals surface area contributed by atoms with Crippen LogP contribution in [0.4, 0.5) is 11.4 Å². The van der Waals surface area contributed by atoms with E-state index in [9.17, 15) is 10.1 Å². The molecule has 0 aromatic heterocycles. The van der Waals surface area contributed by atoms with E-state index in [4.69, 9.17) is 9.47 Å². The molecule has 8 nitrogen and oxygen atoms in total. The summed E-state index contributed by atoms with van der Waals surface area (Å²) in [4.78, 5) is 15.0. The second-order valence-electron chi connectivity index (χ2n) is 5.96. The van der Waals surface area contributed by atoms with Gasteiger partial charge >= 0.3 is 0 Å². The molecule has 0 radical (unpaired) electrons. The third kappa shape index (κ3) is 5.98. The van der Waals surface area contributed by atoms with Gasteiger partial charge in [0.05, 0.1) is 24.7 Å². The molecular weight excluding hydrogens is 475 g/mol. The summed E-state index contributed by atoms with van der Waals surface area (Å²) in [7, 11) is 0. The molecule has 0 atom stereocenters. The fraction of sp³-hybridized carbons (Fsp3) is 0.316. The first-order valence-corrected chi connectivity index (χ1v) is 8.84. The zero-order valence-electron chi connectivity index (χ0n) is 15.5. The van der Waals surface area contributed by atoms with Gasteiger partial charge in [-0.3, -0.25) is 10.1 Å². The van der Waals surface area contributed by atoms with E-state index in [1.54, 1.807) is 6.07 Å². The molecule has 0 aliphatic carbocycles. The standard InChI is InChI=1S/C19H22N4O4.HI/c1-2-20-19(21-13-14-5-3-6-16(11-14)23(24)25)22-15-7-8-17-18(12-15)27-10-4-9-26-17;/h3,5-8,11-12H,2,4,9-10,13H2,1H3,(H2,20,21,22);1H. The molecule has 3 rings (SSSR count). The molecule has 150 valence electrons. The van der Waals surface area contributed by atoms with E-state index in [0.29, 0.717) is 38.0 Å². The molecule has 1 aliphatic rings. The first-order chi connectivity index (χ1) is 13.2. The second-order valence-corrected chi connectivity index (χ2v) is 5.96. The average molecular weight is 498 g/mol. The van der Waals surface area contributed by atoms with Crippen molar-refractivity contribution in [3.63, 3.8) is 0 Å². The highest BCUT2D eigenvalue weighted by Gasteiger charge is 2.11. The highest BCUT2D eigenvalue weighted by molar-refractivity contribution is 14.0. The van der Waals surface area contributed by atoms with Crippen LogP contribution in [0.2, 0.25) is 0 Å². The Morgan fingerprint density at radius 2 is 1.96 bits per heavy atom. The van der Waals surface area contributed by atoms with Gasteiger partial charge in [-0.1, -0.05) is 12.1 Å². The number of nitro benzene ring substituents is 1. The van der Waals surface area contributed by atoms with E-state index >= 15 is 0 Å². The number of nitrogens with one attached hydrogen (secondary N) is 2. The van der Waals surface area contributed by atoms with Gasteiger partial charge in [-0.15, -0.1) is 24.0 Å². The summed E-state index contributed by atoms with van der Waals surface area (Å²) in [5.41, 5.74) is 1.64. The molecule has 1 aliphatic heterocycles. The third-order valence-corrected chi connectivity index (χ3v) is 3.90. The van der Waals surface area contributed by atoms with Crippen LogP contribution in [0, 0.1) is 10.1 Å². The molecule has 1 heterocycles. The Morgan fingerprint density at radius 1 is 1.18 bits per heavy atom. The van der Waals surface area contributed by atoms with Crippen molar-refractivity contribution in [1.29, 1.82) is 0 Å². The lowest BCUT2D eigenvalue weighted by Crippen LogP contribution is -2.30. The molecule has 0 saturated heterocycles. The predicted molar refractivity (Wildman–Crippen MR) is 119 cm³/mol. The molecule has 2 aromatic carbocycles. The van der Waals surface area contributed by atoms with Crippen LogP contribution in [-0.4, -0.2) is 30.6 Å². The molecule has 28 heavy (non-hydrogen) atoms. The van der Waals surface area contributed by atoms with Crippen LogP contribution in [-0.2, 0) is 6.54 Å². The normalized spacial score (nSPS) is 13.1. The number of anilines is 1. The lowest BCUT2D eigenvalue weighted by Gasteiger charge is -2.13. The smallest absolute Gasteiger partial charge is 0.269 e. The van der Waals surface area contributed by atoms with Crippen molar-refractivity contribution in [2.75, 3.05) is 25.1 Å². The maximum atomic E-state index is 10.9. The number of nitrogens with zero attached hydrogens (tertiary/aromatic N) is 2. The van der Waals surface area contributed by atoms with Crippen LogP contribution in [0.1, 0.15) is 18.9 Å². The van der Waals surface area contributed by atoms with Gasteiger partial charge in [-0.2, -0.15) is 0 Å². The average Bonchev–Trinajstić information content (AvgIpc) is 2.91. The molecule has 0 spiro atoms. The van der Waals surface area contributed by atoms with E-state index in [1.807, 2.05) is 31.2 Å². The summed E-state index contributed by atoms with van der Waals surface area (Å²) in [6.45, 7) is 4.25. The summed E-state index contributed by atoms with van der Waals surface area (Å²) < 4.78 is 11.3. The summed E-state index contributed by atoms with van der Waals surface area (Å²) in [5.74, 6) is 2.02. The van der Waals surface area contributed by atoms with Gasteiger partial charge in [0.25, 0.3) is 5.69 Å². The van der Waals surface area contributed by atoms with Gasteiger partial charge in [0.2, 0.25) is 0 Å². The number of non-ortho nitro benzene ring substituents is 1. The lowest BCUT2D eigenvalue weighted by atomic mass is 10.2. The number of hydrogen-bond donors (Lipinski definition) is 2. The first-order valence-electron chi connectivity index (χ1n) is 8.84. The number of halogens is 1. The molecular formula is C19H23IN4O4. The quantitative estimate of drug-likeness (QED) is 0.213. The van der Waals surface area contributed by atoms with Crippen LogP contribution in [0.25, 0.3) is 0 Å². The van der Waals surface area contributed by atoms with Crippen molar-refractivity contribution in [2.24, 2.45) is 4.99 Å². The Kier molecular flexibility index (Phi) is 8.30. The second kappa shape index (κ2) is 10.7. The molecule has 0 saturated carbocycles. The van der Waals surface area contributed by atoms with Gasteiger partial charge < -0.3 is 20.1 Å². The summed E-state index contributed by atoms with van der Waals surface area (Å²) in [6.07, 6.45) is 0.852. The number of nitro groups is 1. The van der Waals surface area contributed by atoms with Crippen LogP contribution in [0.15, 0.2) is 47.5 Å². The minimum absolute atomic E-state index is 0. The maximum absolute atomic E-state index is 10.9. The van der Waals surface area contributed by atoms with Crippen LogP contribution in [0.5, 0.6) is 11.5 Å². The zero-order chi connectivity index (χ0) is 19.1. The Hall–Kier alpha value is -2.56. The Labute approximate surface area is 180 Å². The fourth-order valence-electron chi connectivity index (χ4n) is 2.62. The van der Waals surface area contributed by atoms with Crippen LogP contribution in [0.3, 0.4) is 0 Å². The Morgan fingerprint density at radius 3 is 2.71 bits per heavy atom. The van der Waals surface area contributed by atoms with Gasteiger partial charge in [0, 0.05) is 36.9 Å². The third-order valence-electron chi connectivity index (χ3n) is 3.90. The van der Waals surface area contributed by atoms with Gasteiger partial charge in [0.1, 0.15) is 0 Å². The van der Waals surface area contributed by atoms with Gasteiger partial charge in [0.15, 0.2) is 17.5 Å². The topological polar surface area (TPSA) is 98.0 Å². The number of fused-ring (bicyclic) bond motifs is 1. The van der Waals surface area contributed by atoms with Gasteiger partial charge in [-0.05, 0) is 24.6 Å². The maximum Gasteiger partial charge on any atom is 0.269 e. The molecule has 0 unspecified atom stereocenters. The number of rotatable bonds is 5. The van der Waals surface area contributed by atoms with E-state index in [0.717, 1.165) is 23.4 Å². The number of benzene rings is 2. The van der Waals surface area contributed by atoms with Crippen molar-refractivity contribution in [3.8, 4) is 11.5 Å². The monoisotopic (exact) mass is 498 g/mol. The van der Waals surface area contributed by atoms with Crippen molar-refractivity contribution < 1.29 is 14.4 Å². The van der Waals surface area contributed by atoms with E-state index < -0.39 is 4.92 Å². The van der Waals surface area contributed by atoms with E-state index in [-0.39, 0.29) is 29.7 Å². The minimum Gasteiger partial charge on any atom is -0.490 e. The molecule has 0 bridgehead atoms. The number of aliphatic imine (C=N–C) groups is 1. The Balaban J connectivity index is 0.00000280. The van der Waals surface area contributed by atoms with Crippen molar-refractivity contribution in [3.05, 3.63) is 58.1 Å². The van der Waals surface area contributed by atoms with Crippen molar-refractivity contribution >= 4 is 41.3 Å². The molecule has 2 N–H and O–H groups in total. The largest absolute Gasteiger partial charge is 0.490 e. The fourth-order valence-corrected chi connectivity index (χ4v) is 2.62. The molecule has 0 amide bonds. The summed E-state index contributed by atoms with van der Waals surface area (Å²) >= 11 is 0. The lowest BCUT2D eigenvalue weighted by molar-refractivity contribution is -0.384. The first kappa shape index (κ1) is 21.7. The van der Waals surface area contributed by atoms with E-state index in [1.165, 1.54) is 12.1 Å². The minimum atomic E-state index is -0.408. The van der Waals surface area contributed by atoms with E-state index in [2.05, 4.69) is 15.6 Å². The number of guanidine groups is 1. The highest BCUT2D eigenvalue weighted by Crippen LogP contribution is 2.32. The summed E-state index contributed by atoms with van der Waals surface area (Å²) in [5, 5.41) is 17.3. The van der Waals surface area contributed by atoms with Gasteiger partial charge in [-0.25, -0.2) is 4.99 Å². The highest BCUT2D eigenvalue weighted by atomic mass is 127.